The molecule has 1 aromatic rings. The quantitative estimate of drug-likeness (QED) is 0.514. The number of carbonyl (C=O) groups excluding carboxylic acids is 3. The first-order valence-electron chi connectivity index (χ1n) is 12.3. The number of nitrogens with zero attached hydrogens (tertiary/aromatic N) is 1. The Kier molecular flexibility index (Phi) is 8.07. The van der Waals surface area contributed by atoms with Gasteiger partial charge in [-0.25, -0.2) is 4.79 Å². The van der Waals surface area contributed by atoms with Gasteiger partial charge in [-0.15, -0.1) is 0 Å². The van der Waals surface area contributed by atoms with E-state index < -0.39 is 29.6 Å². The lowest BCUT2D eigenvalue weighted by Gasteiger charge is -2.36. The van der Waals surface area contributed by atoms with Crippen LogP contribution in [0.2, 0.25) is 0 Å². The third-order valence-electron chi connectivity index (χ3n) is 6.78. The fraction of sp³-hybridized carbons (Fsp3) is 0.615. The summed E-state index contributed by atoms with van der Waals surface area (Å²) in [5.74, 6) is -1.28. The first-order valence-corrected chi connectivity index (χ1v) is 12.3. The van der Waals surface area contributed by atoms with E-state index >= 15 is 0 Å². The molecule has 192 valence electrons. The van der Waals surface area contributed by atoms with Crippen LogP contribution < -0.4 is 11.1 Å². The molecule has 1 aliphatic heterocycles. The van der Waals surface area contributed by atoms with Crippen LogP contribution >= 0.6 is 0 Å². The Morgan fingerprint density at radius 3 is 2.60 bits per heavy atom. The van der Waals surface area contributed by atoms with Gasteiger partial charge in [0.2, 0.25) is 5.91 Å². The predicted octanol–water partition coefficient (Wildman–Crippen LogP) is 3.23. The Morgan fingerprint density at radius 2 is 1.97 bits per heavy atom. The number of benzene rings is 1. The minimum atomic E-state index is -1.04. The molecule has 1 aliphatic carbocycles. The number of alkyl carbamates (subject to hydrolysis) is 1. The van der Waals surface area contributed by atoms with Crippen molar-refractivity contribution in [2.45, 2.75) is 90.4 Å². The maximum atomic E-state index is 12.9. The van der Waals surface area contributed by atoms with Crippen LogP contribution in [0.5, 0.6) is 0 Å². The van der Waals surface area contributed by atoms with Gasteiger partial charge in [0.25, 0.3) is 5.91 Å². The summed E-state index contributed by atoms with van der Waals surface area (Å²) in [4.78, 5) is 49.6. The van der Waals surface area contributed by atoms with Crippen LogP contribution in [0.15, 0.2) is 18.2 Å². The van der Waals surface area contributed by atoms with Gasteiger partial charge >= 0.3 is 12.1 Å². The Bertz CT molecular complexity index is 986. The van der Waals surface area contributed by atoms with Crippen molar-refractivity contribution in [3.63, 3.8) is 0 Å². The minimum Gasteiger partial charge on any atom is -0.481 e. The number of hydrogen-bond acceptors (Lipinski definition) is 5. The van der Waals surface area contributed by atoms with E-state index in [4.69, 9.17) is 15.6 Å². The highest BCUT2D eigenvalue weighted by Gasteiger charge is 2.36. The van der Waals surface area contributed by atoms with Crippen molar-refractivity contribution in [3.8, 4) is 0 Å². The molecule has 0 aromatic heterocycles. The molecule has 9 nitrogen and oxygen atoms in total. The number of carboxylic acid groups (broad SMARTS) is 1. The molecule has 0 saturated heterocycles. The van der Waals surface area contributed by atoms with E-state index in [0.29, 0.717) is 11.5 Å². The van der Waals surface area contributed by atoms with Crippen LogP contribution in [0.3, 0.4) is 0 Å². The van der Waals surface area contributed by atoms with Crippen molar-refractivity contribution in [3.05, 3.63) is 34.9 Å². The highest BCUT2D eigenvalue weighted by atomic mass is 16.6. The standard InChI is InChI=1S/C26H37N3O6/c1-15-5-8-20(28-25(34)35-26(2,3)4)17(11-15)12-16-6-7-19-18(13-16)14-29(24(19)33)21(23(27)32)9-10-22(30)31/h6-7,13,15,17,20-21H,5,8-12,14H2,1-4H3,(H2,27,32)(H,28,34)(H,30,31)/t15?,17-,20+,21?/m1/s1. The topological polar surface area (TPSA) is 139 Å². The van der Waals surface area contributed by atoms with E-state index in [1.54, 1.807) is 6.07 Å². The highest BCUT2D eigenvalue weighted by Crippen LogP contribution is 2.33. The maximum Gasteiger partial charge on any atom is 0.407 e. The molecule has 1 fully saturated rings. The van der Waals surface area contributed by atoms with Crippen molar-refractivity contribution in [1.29, 1.82) is 0 Å². The molecule has 1 heterocycles. The first kappa shape index (κ1) is 26.5. The van der Waals surface area contributed by atoms with Gasteiger partial charge in [-0.1, -0.05) is 19.1 Å². The maximum absolute atomic E-state index is 12.9. The molecule has 3 rings (SSSR count). The Morgan fingerprint density at radius 1 is 1.26 bits per heavy atom. The van der Waals surface area contributed by atoms with Gasteiger partial charge in [0.1, 0.15) is 11.6 Å². The molecule has 2 aliphatic rings. The van der Waals surface area contributed by atoms with Gasteiger partial charge in [-0.3, -0.25) is 14.4 Å². The van der Waals surface area contributed by atoms with Crippen molar-refractivity contribution < 1.29 is 29.0 Å². The number of ether oxygens (including phenoxy) is 1. The second-order valence-corrected chi connectivity index (χ2v) is 10.9. The van der Waals surface area contributed by atoms with Crippen LogP contribution in [-0.4, -0.2) is 51.6 Å². The Hall–Kier alpha value is -3.10. The molecule has 1 aromatic carbocycles. The largest absolute Gasteiger partial charge is 0.481 e. The highest BCUT2D eigenvalue weighted by molar-refractivity contribution is 6.01. The number of nitrogens with two attached hydrogens (primary N) is 1. The summed E-state index contributed by atoms with van der Waals surface area (Å²) < 4.78 is 5.46. The summed E-state index contributed by atoms with van der Waals surface area (Å²) in [6.45, 7) is 7.96. The smallest absolute Gasteiger partial charge is 0.407 e. The zero-order valence-corrected chi connectivity index (χ0v) is 21.0. The number of amides is 3. The second kappa shape index (κ2) is 10.7. The Balaban J connectivity index is 1.72. The molecule has 35 heavy (non-hydrogen) atoms. The zero-order chi connectivity index (χ0) is 25.9. The average molecular weight is 488 g/mol. The van der Waals surface area contributed by atoms with E-state index in [2.05, 4.69) is 12.2 Å². The minimum absolute atomic E-state index is 0.00250. The van der Waals surface area contributed by atoms with Crippen LogP contribution in [0.4, 0.5) is 4.79 Å². The molecule has 0 bridgehead atoms. The summed E-state index contributed by atoms with van der Waals surface area (Å²) in [5.41, 5.74) is 7.29. The molecule has 4 atom stereocenters. The number of rotatable bonds is 8. The van der Waals surface area contributed by atoms with Gasteiger partial charge in [0.15, 0.2) is 0 Å². The molecule has 3 amide bonds. The zero-order valence-electron chi connectivity index (χ0n) is 21.0. The normalized spacial score (nSPS) is 22.9. The fourth-order valence-electron chi connectivity index (χ4n) is 5.16. The molecule has 1 saturated carbocycles. The predicted molar refractivity (Wildman–Crippen MR) is 130 cm³/mol. The van der Waals surface area contributed by atoms with Crippen molar-refractivity contribution in [1.82, 2.24) is 10.2 Å². The Labute approximate surface area is 206 Å². The van der Waals surface area contributed by atoms with Gasteiger partial charge in [0.05, 0.1) is 0 Å². The molecular weight excluding hydrogens is 450 g/mol. The number of hydrogen-bond donors (Lipinski definition) is 3. The molecule has 4 N–H and O–H groups in total. The van der Waals surface area contributed by atoms with Crippen molar-refractivity contribution >= 4 is 23.9 Å². The summed E-state index contributed by atoms with van der Waals surface area (Å²) in [6, 6.07) is 4.70. The average Bonchev–Trinajstić information content (AvgIpc) is 3.04. The van der Waals surface area contributed by atoms with Crippen LogP contribution in [0, 0.1) is 11.8 Å². The summed E-state index contributed by atoms with van der Waals surface area (Å²) in [6.07, 6.45) is 2.96. The van der Waals surface area contributed by atoms with Crippen molar-refractivity contribution in [2.75, 3.05) is 0 Å². The first-order chi connectivity index (χ1) is 16.3. The lowest BCUT2D eigenvalue weighted by molar-refractivity contribution is -0.137. The molecule has 0 spiro atoms. The second-order valence-electron chi connectivity index (χ2n) is 10.9. The van der Waals surface area contributed by atoms with Crippen LogP contribution in [0.1, 0.15) is 81.3 Å². The lowest BCUT2D eigenvalue weighted by Crippen LogP contribution is -2.46. The SMILES string of the molecule is CC1CC[C@H](NC(=O)OC(C)(C)C)[C@@H](Cc2ccc3c(c2)CN(C(CCC(=O)O)C(N)=O)C3=O)C1. The van der Waals surface area contributed by atoms with E-state index in [-0.39, 0.29) is 37.3 Å². The van der Waals surface area contributed by atoms with E-state index in [9.17, 15) is 19.2 Å². The summed E-state index contributed by atoms with van der Waals surface area (Å²) >= 11 is 0. The molecule has 2 unspecified atom stereocenters. The third-order valence-corrected chi connectivity index (χ3v) is 6.78. The van der Waals surface area contributed by atoms with Crippen LogP contribution in [-0.2, 0) is 27.3 Å². The van der Waals surface area contributed by atoms with Gasteiger partial charge in [-0.2, -0.15) is 0 Å². The van der Waals surface area contributed by atoms with Crippen molar-refractivity contribution in [2.24, 2.45) is 17.6 Å². The lowest BCUT2D eigenvalue weighted by atomic mass is 9.76. The van der Waals surface area contributed by atoms with Gasteiger partial charge in [0, 0.05) is 24.6 Å². The van der Waals surface area contributed by atoms with Gasteiger partial charge < -0.3 is 25.8 Å². The number of aliphatic carboxylic acids is 1. The van der Waals surface area contributed by atoms with E-state index in [0.717, 1.165) is 36.8 Å². The fourth-order valence-corrected chi connectivity index (χ4v) is 5.16. The number of nitrogens with one attached hydrogen (secondary N) is 1. The van der Waals surface area contributed by atoms with Crippen LogP contribution in [0.25, 0.3) is 0 Å². The number of fused-ring (bicyclic) bond motifs is 1. The number of carbonyl (C=O) groups is 4. The molecular formula is C26H37N3O6. The third kappa shape index (κ3) is 6.96. The molecule has 9 heteroatoms. The summed E-state index contributed by atoms with van der Waals surface area (Å²) in [5, 5.41) is 12.0. The number of carboxylic acids is 1. The monoisotopic (exact) mass is 487 g/mol. The van der Waals surface area contributed by atoms with E-state index in [1.807, 2.05) is 32.9 Å². The summed E-state index contributed by atoms with van der Waals surface area (Å²) in [7, 11) is 0. The van der Waals surface area contributed by atoms with Gasteiger partial charge in [-0.05, 0) is 81.9 Å². The number of primary amides is 1. The molecule has 0 radical (unpaired) electrons. The van der Waals surface area contributed by atoms with E-state index in [1.165, 1.54) is 4.90 Å².